The Kier molecular flexibility index (Phi) is 5.92. The zero-order valence-corrected chi connectivity index (χ0v) is 13.2. The number of carboxylic acids is 1. The maximum absolute atomic E-state index is 12.0. The fraction of sp³-hybridized carbons (Fsp3) is 0.263. The highest BCUT2D eigenvalue weighted by Crippen LogP contribution is 2.08. The topological polar surface area (TPSA) is 66.4 Å². The molecule has 0 aromatic heterocycles. The molecule has 0 heterocycles. The lowest BCUT2D eigenvalue weighted by Gasteiger charge is -2.14. The quantitative estimate of drug-likeness (QED) is 0.826. The lowest BCUT2D eigenvalue weighted by molar-refractivity contribution is -0.141. The second-order valence-corrected chi connectivity index (χ2v) is 5.64. The molecular formula is C19H21NO3. The third kappa shape index (κ3) is 5.58. The molecule has 0 unspecified atom stereocenters. The summed E-state index contributed by atoms with van der Waals surface area (Å²) in [6, 6.07) is 16.4. The van der Waals surface area contributed by atoms with Crippen LogP contribution in [0.4, 0.5) is 0 Å². The van der Waals surface area contributed by atoms with Crippen molar-refractivity contribution in [2.24, 2.45) is 0 Å². The number of carbonyl (C=O) groups excluding carboxylic acids is 1. The fourth-order valence-electron chi connectivity index (χ4n) is 2.44. The molecule has 0 spiro atoms. The highest BCUT2D eigenvalue weighted by atomic mass is 16.4. The summed E-state index contributed by atoms with van der Waals surface area (Å²) in [5.41, 5.74) is 3.12. The van der Waals surface area contributed by atoms with Crippen LogP contribution in [0.15, 0.2) is 54.6 Å². The average molecular weight is 311 g/mol. The van der Waals surface area contributed by atoms with Crippen LogP contribution in [0.2, 0.25) is 0 Å². The molecule has 120 valence electrons. The third-order valence-corrected chi connectivity index (χ3v) is 3.64. The molecule has 2 aromatic carbocycles. The smallest absolute Gasteiger partial charge is 0.326 e. The summed E-state index contributed by atoms with van der Waals surface area (Å²) in [7, 11) is 0. The van der Waals surface area contributed by atoms with E-state index in [0.29, 0.717) is 6.42 Å². The Balaban J connectivity index is 1.89. The van der Waals surface area contributed by atoms with Crippen molar-refractivity contribution in [3.8, 4) is 0 Å². The zero-order valence-electron chi connectivity index (χ0n) is 13.2. The standard InChI is InChI=1S/C19H21NO3/c1-14-6-5-9-16(12-14)10-11-18(21)20-17(19(22)23)13-15-7-3-2-4-8-15/h2-9,12,17H,10-11,13H2,1H3,(H,20,21)(H,22,23)/t17-/m1/s1. The zero-order chi connectivity index (χ0) is 16.7. The van der Waals surface area contributed by atoms with E-state index in [1.54, 1.807) is 0 Å². The minimum atomic E-state index is -1.02. The lowest BCUT2D eigenvalue weighted by atomic mass is 10.0. The number of carboxylic acid groups (broad SMARTS) is 1. The Hall–Kier alpha value is -2.62. The van der Waals surface area contributed by atoms with Crippen molar-refractivity contribution in [1.82, 2.24) is 5.32 Å². The van der Waals surface area contributed by atoms with E-state index < -0.39 is 12.0 Å². The van der Waals surface area contributed by atoms with Crippen molar-refractivity contribution < 1.29 is 14.7 Å². The minimum absolute atomic E-state index is 0.241. The molecule has 0 aliphatic carbocycles. The molecule has 0 aliphatic rings. The summed E-state index contributed by atoms with van der Waals surface area (Å²) >= 11 is 0. The summed E-state index contributed by atoms with van der Waals surface area (Å²) in [5.74, 6) is -1.26. The summed E-state index contributed by atoms with van der Waals surface area (Å²) in [4.78, 5) is 23.4. The van der Waals surface area contributed by atoms with Gasteiger partial charge in [-0.05, 0) is 24.5 Å². The van der Waals surface area contributed by atoms with E-state index in [9.17, 15) is 14.7 Å². The van der Waals surface area contributed by atoms with Crippen molar-refractivity contribution in [3.63, 3.8) is 0 Å². The Bertz CT molecular complexity index is 667. The summed E-state index contributed by atoms with van der Waals surface area (Å²) in [6.07, 6.45) is 1.17. The van der Waals surface area contributed by atoms with E-state index in [4.69, 9.17) is 0 Å². The third-order valence-electron chi connectivity index (χ3n) is 3.64. The number of hydrogen-bond donors (Lipinski definition) is 2. The van der Waals surface area contributed by atoms with Gasteiger partial charge in [-0.2, -0.15) is 0 Å². The Morgan fingerprint density at radius 1 is 1.04 bits per heavy atom. The summed E-state index contributed by atoms with van der Waals surface area (Å²) in [6.45, 7) is 2.00. The molecule has 2 N–H and O–H groups in total. The molecule has 0 bridgehead atoms. The van der Waals surface area contributed by atoms with Crippen molar-refractivity contribution in [2.75, 3.05) is 0 Å². The molecule has 0 radical (unpaired) electrons. The number of aliphatic carboxylic acids is 1. The number of rotatable bonds is 7. The van der Waals surface area contributed by atoms with Gasteiger partial charge >= 0.3 is 5.97 Å². The predicted molar refractivity (Wildman–Crippen MR) is 89.2 cm³/mol. The van der Waals surface area contributed by atoms with Gasteiger partial charge in [0.2, 0.25) is 5.91 Å². The predicted octanol–water partition coefficient (Wildman–Crippen LogP) is 2.74. The van der Waals surface area contributed by atoms with Crippen LogP contribution in [0, 0.1) is 6.92 Å². The number of amides is 1. The van der Waals surface area contributed by atoms with Crippen LogP contribution in [-0.4, -0.2) is 23.0 Å². The molecule has 1 atom stereocenters. The molecule has 1 amide bonds. The van der Waals surface area contributed by atoms with Crippen molar-refractivity contribution in [3.05, 3.63) is 71.3 Å². The largest absolute Gasteiger partial charge is 0.480 e. The fourth-order valence-corrected chi connectivity index (χ4v) is 2.44. The molecule has 2 rings (SSSR count). The van der Waals surface area contributed by atoms with Crippen LogP contribution in [0.1, 0.15) is 23.1 Å². The molecule has 4 heteroatoms. The SMILES string of the molecule is Cc1cccc(CCC(=O)N[C@H](Cc2ccccc2)C(=O)O)c1. The first-order valence-electron chi connectivity index (χ1n) is 7.66. The van der Waals surface area contributed by atoms with Gasteiger partial charge < -0.3 is 10.4 Å². The Morgan fingerprint density at radius 2 is 1.74 bits per heavy atom. The monoisotopic (exact) mass is 311 g/mol. The number of nitrogens with one attached hydrogen (secondary N) is 1. The lowest BCUT2D eigenvalue weighted by Crippen LogP contribution is -2.42. The highest BCUT2D eigenvalue weighted by Gasteiger charge is 2.20. The minimum Gasteiger partial charge on any atom is -0.480 e. The molecule has 2 aromatic rings. The average Bonchev–Trinajstić information content (AvgIpc) is 2.53. The molecule has 0 saturated heterocycles. The second kappa shape index (κ2) is 8.13. The van der Waals surface area contributed by atoms with Gasteiger partial charge in [0.05, 0.1) is 0 Å². The van der Waals surface area contributed by atoms with E-state index in [0.717, 1.165) is 16.7 Å². The highest BCUT2D eigenvalue weighted by molar-refractivity contribution is 5.83. The first kappa shape index (κ1) is 16.7. The maximum atomic E-state index is 12.0. The van der Waals surface area contributed by atoms with E-state index in [2.05, 4.69) is 5.32 Å². The van der Waals surface area contributed by atoms with Gasteiger partial charge in [-0.15, -0.1) is 0 Å². The van der Waals surface area contributed by atoms with Gasteiger partial charge in [0.1, 0.15) is 6.04 Å². The van der Waals surface area contributed by atoms with Gasteiger partial charge in [-0.1, -0.05) is 60.2 Å². The van der Waals surface area contributed by atoms with Gasteiger partial charge in [-0.3, -0.25) is 4.79 Å². The van der Waals surface area contributed by atoms with Gasteiger partial charge in [0, 0.05) is 12.8 Å². The Labute approximate surface area is 136 Å². The summed E-state index contributed by atoms with van der Waals surface area (Å²) < 4.78 is 0. The molecule has 0 aliphatic heterocycles. The number of aryl methyl sites for hydroxylation is 2. The van der Waals surface area contributed by atoms with Crippen molar-refractivity contribution in [1.29, 1.82) is 0 Å². The maximum Gasteiger partial charge on any atom is 0.326 e. The molecule has 0 fully saturated rings. The van der Waals surface area contributed by atoms with Crippen LogP contribution < -0.4 is 5.32 Å². The molecule has 23 heavy (non-hydrogen) atoms. The van der Waals surface area contributed by atoms with Gasteiger partial charge in [-0.25, -0.2) is 4.79 Å². The van der Waals surface area contributed by atoms with Gasteiger partial charge in [0.25, 0.3) is 0 Å². The van der Waals surface area contributed by atoms with Crippen molar-refractivity contribution >= 4 is 11.9 Å². The normalized spacial score (nSPS) is 11.7. The summed E-state index contributed by atoms with van der Waals surface area (Å²) in [5, 5.41) is 11.9. The van der Waals surface area contributed by atoms with E-state index in [1.165, 1.54) is 0 Å². The van der Waals surface area contributed by atoms with Crippen LogP contribution in [0.25, 0.3) is 0 Å². The first-order valence-corrected chi connectivity index (χ1v) is 7.66. The second-order valence-electron chi connectivity index (χ2n) is 5.64. The number of carbonyl (C=O) groups is 2. The number of benzene rings is 2. The van der Waals surface area contributed by atoms with Crippen LogP contribution in [-0.2, 0) is 22.4 Å². The molecule has 4 nitrogen and oxygen atoms in total. The Morgan fingerprint density at radius 3 is 2.39 bits per heavy atom. The van der Waals surface area contributed by atoms with Gasteiger partial charge in [0.15, 0.2) is 0 Å². The van der Waals surface area contributed by atoms with Crippen LogP contribution >= 0.6 is 0 Å². The van der Waals surface area contributed by atoms with Crippen LogP contribution in [0.3, 0.4) is 0 Å². The van der Waals surface area contributed by atoms with E-state index >= 15 is 0 Å². The molecule has 0 saturated carbocycles. The van der Waals surface area contributed by atoms with Crippen LogP contribution in [0.5, 0.6) is 0 Å². The van der Waals surface area contributed by atoms with E-state index in [-0.39, 0.29) is 18.7 Å². The van der Waals surface area contributed by atoms with Crippen molar-refractivity contribution in [2.45, 2.75) is 32.2 Å². The molecular weight excluding hydrogens is 290 g/mol. The van der Waals surface area contributed by atoms with E-state index in [1.807, 2.05) is 61.5 Å². The first-order chi connectivity index (χ1) is 11.0. The number of hydrogen-bond acceptors (Lipinski definition) is 2.